The Labute approximate surface area is 120 Å². The molecule has 0 bridgehead atoms. The molecule has 0 unspecified atom stereocenters. The summed E-state index contributed by atoms with van der Waals surface area (Å²) in [4.78, 5) is 8.55. The van der Waals surface area contributed by atoms with E-state index >= 15 is 0 Å². The zero-order chi connectivity index (χ0) is 14.4. The number of pyridine rings is 1. The molecule has 0 aliphatic carbocycles. The van der Waals surface area contributed by atoms with Crippen LogP contribution in [-0.4, -0.2) is 27.2 Å². The Kier molecular flexibility index (Phi) is 5.12. The van der Waals surface area contributed by atoms with E-state index < -0.39 is 0 Å². The Hall–Kier alpha value is -1.88. The first-order chi connectivity index (χ1) is 9.65. The Morgan fingerprint density at radius 1 is 1.30 bits per heavy atom. The number of aromatic nitrogens is 3. The van der Waals surface area contributed by atoms with Crippen molar-refractivity contribution >= 4 is 0 Å². The molecule has 1 N–H and O–H groups in total. The lowest BCUT2D eigenvalue weighted by Crippen LogP contribution is -2.22. The molecule has 2 rings (SSSR count). The van der Waals surface area contributed by atoms with Gasteiger partial charge in [0.25, 0.3) is 0 Å². The van der Waals surface area contributed by atoms with Crippen molar-refractivity contribution in [3.05, 3.63) is 42.2 Å². The minimum absolute atomic E-state index is 0.464. The van der Waals surface area contributed by atoms with Gasteiger partial charge in [-0.25, -0.2) is 4.98 Å². The molecular formula is C15H22N4O. The summed E-state index contributed by atoms with van der Waals surface area (Å²) < 4.78 is 7.75. The Morgan fingerprint density at radius 2 is 2.15 bits per heavy atom. The first-order valence-corrected chi connectivity index (χ1v) is 6.94. The number of rotatable bonds is 7. The van der Waals surface area contributed by atoms with E-state index in [1.54, 1.807) is 12.4 Å². The summed E-state index contributed by atoms with van der Waals surface area (Å²) in [6, 6.07) is 4.42. The van der Waals surface area contributed by atoms with Gasteiger partial charge in [0.2, 0.25) is 0 Å². The standard InChI is InChI=1S/C15H22N4O/c1-12(2)17-10-14-4-5-15(11-18-14)20-9-8-19-7-6-16-13(19)3/h4-7,11-12,17H,8-10H2,1-3H3. The molecule has 0 saturated carbocycles. The van der Waals surface area contributed by atoms with Crippen molar-refractivity contribution < 1.29 is 4.74 Å². The predicted octanol–water partition coefficient (Wildman–Crippen LogP) is 2.16. The van der Waals surface area contributed by atoms with Gasteiger partial charge in [-0.3, -0.25) is 4.98 Å². The van der Waals surface area contributed by atoms with E-state index in [9.17, 15) is 0 Å². The maximum Gasteiger partial charge on any atom is 0.137 e. The van der Waals surface area contributed by atoms with Crippen LogP contribution in [0, 0.1) is 6.92 Å². The maximum absolute atomic E-state index is 5.68. The van der Waals surface area contributed by atoms with Gasteiger partial charge in [0.1, 0.15) is 18.2 Å². The van der Waals surface area contributed by atoms with Crippen LogP contribution in [0.4, 0.5) is 0 Å². The first-order valence-electron chi connectivity index (χ1n) is 6.94. The summed E-state index contributed by atoms with van der Waals surface area (Å²) in [5.41, 5.74) is 1.02. The zero-order valence-corrected chi connectivity index (χ0v) is 12.3. The predicted molar refractivity (Wildman–Crippen MR) is 78.7 cm³/mol. The molecule has 0 atom stereocenters. The van der Waals surface area contributed by atoms with Gasteiger partial charge >= 0.3 is 0 Å². The molecule has 2 aromatic heterocycles. The average molecular weight is 274 g/mol. The van der Waals surface area contributed by atoms with E-state index in [4.69, 9.17) is 4.74 Å². The zero-order valence-electron chi connectivity index (χ0n) is 12.3. The summed E-state index contributed by atoms with van der Waals surface area (Å²) >= 11 is 0. The van der Waals surface area contributed by atoms with E-state index in [1.807, 2.05) is 25.3 Å². The average Bonchev–Trinajstić information content (AvgIpc) is 2.83. The number of imidazole rings is 1. The third-order valence-corrected chi connectivity index (χ3v) is 3.01. The van der Waals surface area contributed by atoms with Crippen LogP contribution < -0.4 is 10.1 Å². The highest BCUT2D eigenvalue weighted by Gasteiger charge is 2.00. The number of aryl methyl sites for hydroxylation is 1. The fourth-order valence-corrected chi connectivity index (χ4v) is 1.81. The van der Waals surface area contributed by atoms with E-state index in [1.165, 1.54) is 0 Å². The second kappa shape index (κ2) is 7.05. The van der Waals surface area contributed by atoms with Gasteiger partial charge < -0.3 is 14.6 Å². The molecule has 0 saturated heterocycles. The van der Waals surface area contributed by atoms with Gasteiger partial charge in [-0.2, -0.15) is 0 Å². The van der Waals surface area contributed by atoms with Gasteiger partial charge in [0.05, 0.1) is 18.4 Å². The second-order valence-corrected chi connectivity index (χ2v) is 5.04. The van der Waals surface area contributed by atoms with Crippen molar-refractivity contribution in [1.29, 1.82) is 0 Å². The summed E-state index contributed by atoms with van der Waals surface area (Å²) in [5, 5.41) is 3.34. The van der Waals surface area contributed by atoms with Crippen LogP contribution >= 0.6 is 0 Å². The highest BCUT2D eigenvalue weighted by atomic mass is 16.5. The molecule has 0 aromatic carbocycles. The number of hydrogen-bond acceptors (Lipinski definition) is 4. The van der Waals surface area contributed by atoms with Crippen LogP contribution in [0.2, 0.25) is 0 Å². The van der Waals surface area contributed by atoms with E-state index in [0.29, 0.717) is 12.6 Å². The third kappa shape index (κ3) is 4.35. The third-order valence-electron chi connectivity index (χ3n) is 3.01. The lowest BCUT2D eigenvalue weighted by molar-refractivity contribution is 0.295. The smallest absolute Gasteiger partial charge is 0.137 e. The SMILES string of the molecule is Cc1nccn1CCOc1ccc(CNC(C)C)nc1. The van der Waals surface area contributed by atoms with Crippen molar-refractivity contribution in [2.24, 2.45) is 0 Å². The van der Waals surface area contributed by atoms with Crippen molar-refractivity contribution in [2.45, 2.75) is 39.9 Å². The van der Waals surface area contributed by atoms with Crippen LogP contribution in [0.5, 0.6) is 5.75 Å². The molecule has 5 heteroatoms. The van der Waals surface area contributed by atoms with Crippen LogP contribution in [0.3, 0.4) is 0 Å². The van der Waals surface area contributed by atoms with E-state index in [-0.39, 0.29) is 0 Å². The molecule has 0 fully saturated rings. The molecule has 2 aromatic rings. The number of nitrogens with zero attached hydrogens (tertiary/aromatic N) is 3. The van der Waals surface area contributed by atoms with Crippen LogP contribution in [0.15, 0.2) is 30.7 Å². The molecule has 108 valence electrons. The van der Waals surface area contributed by atoms with Crippen LogP contribution in [-0.2, 0) is 13.1 Å². The van der Waals surface area contributed by atoms with E-state index in [0.717, 1.165) is 30.4 Å². The molecule has 5 nitrogen and oxygen atoms in total. The summed E-state index contributed by atoms with van der Waals surface area (Å²) in [5.74, 6) is 1.80. The minimum atomic E-state index is 0.464. The first kappa shape index (κ1) is 14.5. The maximum atomic E-state index is 5.68. The highest BCUT2D eigenvalue weighted by molar-refractivity contribution is 5.19. The van der Waals surface area contributed by atoms with Crippen molar-refractivity contribution in [3.63, 3.8) is 0 Å². The molecule has 2 heterocycles. The minimum Gasteiger partial charge on any atom is -0.490 e. The summed E-state index contributed by atoms with van der Waals surface area (Å²) in [6.45, 7) is 8.42. The lowest BCUT2D eigenvalue weighted by Gasteiger charge is -2.09. The van der Waals surface area contributed by atoms with Crippen LogP contribution in [0.1, 0.15) is 25.4 Å². The quantitative estimate of drug-likeness (QED) is 0.840. The Bertz CT molecular complexity index is 519. The van der Waals surface area contributed by atoms with Gasteiger partial charge in [0.15, 0.2) is 0 Å². The second-order valence-electron chi connectivity index (χ2n) is 5.04. The van der Waals surface area contributed by atoms with Crippen molar-refractivity contribution in [3.8, 4) is 5.75 Å². The van der Waals surface area contributed by atoms with Gasteiger partial charge in [-0.1, -0.05) is 13.8 Å². The largest absolute Gasteiger partial charge is 0.490 e. The Balaban J connectivity index is 1.77. The number of nitrogens with one attached hydrogen (secondary N) is 1. The molecule has 0 amide bonds. The topological polar surface area (TPSA) is 52.0 Å². The summed E-state index contributed by atoms with van der Waals surface area (Å²) in [7, 11) is 0. The fourth-order valence-electron chi connectivity index (χ4n) is 1.81. The van der Waals surface area contributed by atoms with Crippen molar-refractivity contribution in [2.75, 3.05) is 6.61 Å². The molecule has 0 aliphatic rings. The molecular weight excluding hydrogens is 252 g/mol. The summed E-state index contributed by atoms with van der Waals surface area (Å²) in [6.07, 6.45) is 5.53. The van der Waals surface area contributed by atoms with Gasteiger partial charge in [-0.05, 0) is 19.1 Å². The number of ether oxygens (including phenoxy) is 1. The molecule has 0 aliphatic heterocycles. The highest BCUT2D eigenvalue weighted by Crippen LogP contribution is 2.09. The van der Waals surface area contributed by atoms with E-state index in [2.05, 4.69) is 33.7 Å². The normalized spacial score (nSPS) is 11.0. The van der Waals surface area contributed by atoms with Gasteiger partial charge in [-0.15, -0.1) is 0 Å². The van der Waals surface area contributed by atoms with Crippen LogP contribution in [0.25, 0.3) is 0 Å². The van der Waals surface area contributed by atoms with Gasteiger partial charge in [0, 0.05) is 25.0 Å². The number of hydrogen-bond donors (Lipinski definition) is 1. The molecule has 0 radical (unpaired) electrons. The lowest BCUT2D eigenvalue weighted by atomic mass is 10.3. The molecule has 0 spiro atoms. The molecule has 20 heavy (non-hydrogen) atoms. The van der Waals surface area contributed by atoms with Crippen molar-refractivity contribution in [1.82, 2.24) is 19.9 Å². The fraction of sp³-hybridized carbons (Fsp3) is 0.467. The Morgan fingerprint density at radius 3 is 2.75 bits per heavy atom. The monoisotopic (exact) mass is 274 g/mol.